The van der Waals surface area contributed by atoms with Crippen LogP contribution in [0.15, 0.2) is 23.1 Å². The van der Waals surface area contributed by atoms with E-state index in [0.717, 1.165) is 12.1 Å². The highest BCUT2D eigenvalue weighted by molar-refractivity contribution is 8.13. The number of ether oxygens (including phenoxy) is 2. The third-order valence-electron chi connectivity index (χ3n) is 2.11. The summed E-state index contributed by atoms with van der Waals surface area (Å²) >= 11 is 0. The van der Waals surface area contributed by atoms with Crippen molar-refractivity contribution in [2.24, 2.45) is 0 Å². The van der Waals surface area contributed by atoms with Gasteiger partial charge in [0.1, 0.15) is 10.7 Å². The summed E-state index contributed by atoms with van der Waals surface area (Å²) in [5, 5.41) is 0. The third-order valence-corrected chi connectivity index (χ3v) is 3.47. The van der Waals surface area contributed by atoms with Gasteiger partial charge < -0.3 is 9.47 Å². The van der Waals surface area contributed by atoms with Crippen LogP contribution in [0.5, 0.6) is 0 Å². The molecule has 1 aliphatic rings. The molecule has 4 nitrogen and oxygen atoms in total. The van der Waals surface area contributed by atoms with Crippen LogP contribution in [0.25, 0.3) is 0 Å². The normalized spacial score (nSPS) is 17.9. The second-order valence-corrected chi connectivity index (χ2v) is 5.74. The van der Waals surface area contributed by atoms with Gasteiger partial charge in [0.15, 0.2) is 6.29 Å². The summed E-state index contributed by atoms with van der Waals surface area (Å²) in [5.74, 6) is -0.911. The molecule has 16 heavy (non-hydrogen) atoms. The second kappa shape index (κ2) is 4.29. The Labute approximate surface area is 96.3 Å². The average Bonchev–Trinajstić information content (AvgIpc) is 2.68. The van der Waals surface area contributed by atoms with E-state index >= 15 is 0 Å². The fourth-order valence-electron chi connectivity index (χ4n) is 1.41. The first-order chi connectivity index (χ1) is 7.48. The van der Waals surface area contributed by atoms with E-state index < -0.39 is 26.1 Å². The summed E-state index contributed by atoms with van der Waals surface area (Å²) in [5.41, 5.74) is 0.430. The van der Waals surface area contributed by atoms with Crippen LogP contribution in [0.2, 0.25) is 0 Å². The largest absolute Gasteiger partial charge is 0.346 e. The molecule has 1 fully saturated rings. The molecule has 1 aromatic rings. The Morgan fingerprint density at radius 3 is 2.44 bits per heavy atom. The van der Waals surface area contributed by atoms with Gasteiger partial charge in [-0.2, -0.15) is 0 Å². The summed E-state index contributed by atoms with van der Waals surface area (Å²) in [6.07, 6.45) is -0.637. The fourth-order valence-corrected chi connectivity index (χ4v) is 2.31. The van der Waals surface area contributed by atoms with Gasteiger partial charge in [0.2, 0.25) is 0 Å². The Morgan fingerprint density at radius 2 is 1.94 bits per heavy atom. The maximum absolute atomic E-state index is 13.4. The molecule has 88 valence electrons. The summed E-state index contributed by atoms with van der Waals surface area (Å²) in [6, 6.07) is 3.55. The van der Waals surface area contributed by atoms with Crippen molar-refractivity contribution in [2.75, 3.05) is 13.2 Å². The molecule has 0 radical (unpaired) electrons. The van der Waals surface area contributed by atoms with E-state index in [9.17, 15) is 12.8 Å². The van der Waals surface area contributed by atoms with Crippen molar-refractivity contribution in [3.8, 4) is 0 Å². The number of hydrogen-bond acceptors (Lipinski definition) is 4. The molecular formula is C9H8ClFO4S. The van der Waals surface area contributed by atoms with Crippen molar-refractivity contribution in [1.82, 2.24) is 0 Å². The lowest BCUT2D eigenvalue weighted by atomic mass is 10.2. The zero-order valence-corrected chi connectivity index (χ0v) is 9.59. The predicted molar refractivity (Wildman–Crippen MR) is 54.1 cm³/mol. The lowest BCUT2D eigenvalue weighted by Gasteiger charge is -2.09. The van der Waals surface area contributed by atoms with E-state index in [-0.39, 0.29) is 0 Å². The Balaban J connectivity index is 2.36. The number of hydrogen-bond donors (Lipinski definition) is 0. The molecule has 0 atom stereocenters. The molecule has 0 aliphatic carbocycles. The van der Waals surface area contributed by atoms with Gasteiger partial charge >= 0.3 is 0 Å². The smallest absolute Gasteiger partial charge is 0.264 e. The minimum absolute atomic E-state index is 0.430. The van der Waals surface area contributed by atoms with Gasteiger partial charge in [0, 0.05) is 16.2 Å². The SMILES string of the molecule is O=S(=O)(Cl)c1ccc(C2OCCO2)cc1F. The zero-order chi connectivity index (χ0) is 11.8. The van der Waals surface area contributed by atoms with E-state index in [4.69, 9.17) is 20.2 Å². The molecular weight excluding hydrogens is 259 g/mol. The molecule has 1 saturated heterocycles. The van der Waals surface area contributed by atoms with Crippen LogP contribution in [-0.4, -0.2) is 21.6 Å². The molecule has 2 rings (SSSR count). The summed E-state index contributed by atoms with van der Waals surface area (Å²) in [7, 11) is 0.987. The standard InChI is InChI=1S/C9H8ClFO4S/c10-16(12,13)8-2-1-6(5-7(8)11)9-14-3-4-15-9/h1-2,5,9H,3-4H2. The molecule has 0 spiro atoms. The Morgan fingerprint density at radius 1 is 1.31 bits per heavy atom. The van der Waals surface area contributed by atoms with Crippen molar-refractivity contribution in [1.29, 1.82) is 0 Å². The van der Waals surface area contributed by atoms with Crippen LogP contribution >= 0.6 is 10.7 Å². The molecule has 1 aromatic carbocycles. The van der Waals surface area contributed by atoms with E-state index in [1.54, 1.807) is 0 Å². The first kappa shape index (κ1) is 11.8. The average molecular weight is 267 g/mol. The number of benzene rings is 1. The Hall–Kier alpha value is -0.690. The number of rotatable bonds is 2. The first-order valence-corrected chi connectivity index (χ1v) is 6.77. The molecule has 0 unspecified atom stereocenters. The highest BCUT2D eigenvalue weighted by atomic mass is 35.7. The van der Waals surface area contributed by atoms with Gasteiger partial charge in [0.05, 0.1) is 13.2 Å². The molecule has 1 heterocycles. The van der Waals surface area contributed by atoms with Crippen molar-refractivity contribution in [3.05, 3.63) is 29.6 Å². The lowest BCUT2D eigenvalue weighted by molar-refractivity contribution is -0.0443. The quantitative estimate of drug-likeness (QED) is 0.766. The molecule has 0 bridgehead atoms. The third kappa shape index (κ3) is 2.35. The van der Waals surface area contributed by atoms with E-state index in [2.05, 4.69) is 0 Å². The van der Waals surface area contributed by atoms with Crippen LogP contribution in [0.1, 0.15) is 11.9 Å². The van der Waals surface area contributed by atoms with Crippen LogP contribution < -0.4 is 0 Å². The van der Waals surface area contributed by atoms with E-state index in [0.29, 0.717) is 18.8 Å². The van der Waals surface area contributed by atoms with Gasteiger partial charge in [0.25, 0.3) is 9.05 Å². The summed E-state index contributed by atoms with van der Waals surface area (Å²) in [6.45, 7) is 0.865. The predicted octanol–water partition coefficient (Wildman–Crippen LogP) is 1.80. The minimum atomic E-state index is -4.06. The van der Waals surface area contributed by atoms with Crippen molar-refractivity contribution >= 4 is 19.7 Å². The molecule has 7 heteroatoms. The van der Waals surface area contributed by atoms with Crippen molar-refractivity contribution < 1.29 is 22.3 Å². The van der Waals surface area contributed by atoms with Crippen LogP contribution in [0, 0.1) is 5.82 Å². The minimum Gasteiger partial charge on any atom is -0.346 e. The van der Waals surface area contributed by atoms with Crippen LogP contribution in [0.4, 0.5) is 4.39 Å². The fraction of sp³-hybridized carbons (Fsp3) is 0.333. The first-order valence-electron chi connectivity index (χ1n) is 4.46. The molecule has 0 saturated carbocycles. The van der Waals surface area contributed by atoms with Crippen LogP contribution in [0.3, 0.4) is 0 Å². The van der Waals surface area contributed by atoms with Crippen molar-refractivity contribution in [3.63, 3.8) is 0 Å². The van der Waals surface area contributed by atoms with E-state index in [1.165, 1.54) is 6.07 Å². The Kier molecular flexibility index (Phi) is 3.16. The van der Waals surface area contributed by atoms with Gasteiger partial charge in [-0.25, -0.2) is 12.8 Å². The summed E-state index contributed by atoms with van der Waals surface area (Å²) < 4.78 is 45.6. The zero-order valence-electron chi connectivity index (χ0n) is 8.02. The number of halogens is 2. The van der Waals surface area contributed by atoms with Crippen LogP contribution in [-0.2, 0) is 18.5 Å². The maximum Gasteiger partial charge on any atom is 0.264 e. The van der Waals surface area contributed by atoms with Gasteiger partial charge in [-0.15, -0.1) is 0 Å². The monoisotopic (exact) mass is 266 g/mol. The highest BCUT2D eigenvalue weighted by Gasteiger charge is 2.22. The van der Waals surface area contributed by atoms with Gasteiger partial charge in [-0.1, -0.05) is 6.07 Å². The highest BCUT2D eigenvalue weighted by Crippen LogP contribution is 2.27. The molecule has 1 aliphatic heterocycles. The van der Waals surface area contributed by atoms with E-state index in [1.807, 2.05) is 0 Å². The molecule has 0 N–H and O–H groups in total. The van der Waals surface area contributed by atoms with Gasteiger partial charge in [-0.05, 0) is 12.1 Å². The second-order valence-electron chi connectivity index (χ2n) is 3.20. The van der Waals surface area contributed by atoms with Crippen molar-refractivity contribution in [2.45, 2.75) is 11.2 Å². The van der Waals surface area contributed by atoms with Gasteiger partial charge in [-0.3, -0.25) is 0 Å². The Bertz CT molecular complexity index is 496. The summed E-state index contributed by atoms with van der Waals surface area (Å²) in [4.78, 5) is -0.545. The lowest BCUT2D eigenvalue weighted by Crippen LogP contribution is -2.01. The molecule has 0 amide bonds. The maximum atomic E-state index is 13.4. The topological polar surface area (TPSA) is 52.6 Å². The molecule has 0 aromatic heterocycles.